The fraction of sp³-hybridized carbons (Fsp3) is 0.611. The summed E-state index contributed by atoms with van der Waals surface area (Å²) in [7, 11) is 0. The van der Waals surface area contributed by atoms with Crippen LogP contribution >= 0.6 is 0 Å². The molecule has 1 aromatic rings. The van der Waals surface area contributed by atoms with Crippen molar-refractivity contribution in [2.75, 3.05) is 26.4 Å². The lowest BCUT2D eigenvalue weighted by Crippen LogP contribution is -2.44. The summed E-state index contributed by atoms with van der Waals surface area (Å²) < 4.78 is 51.8. The van der Waals surface area contributed by atoms with Gasteiger partial charge >= 0.3 is 0 Å². The van der Waals surface area contributed by atoms with Crippen molar-refractivity contribution in [3.05, 3.63) is 23.4 Å². The number of carbonyl (C=O) groups excluding carboxylic acids is 2. The number of nitrogens with zero attached hydrogens (tertiary/aromatic N) is 1. The standard InChI is InChI=1S/C18H20F3N3O4/c19-17(8-27-9-17)11-3-4-12(23-16(11)28-6-10-1-2-10)14(25)24-15(26)13-5-18(20,21)7-22-13/h3-4,10,13,22H,1-2,5-9H2,(H,24,25,26)/t13-/m0/s1. The molecule has 3 fully saturated rings. The molecule has 3 aliphatic rings. The van der Waals surface area contributed by atoms with Crippen LogP contribution in [0, 0.1) is 5.92 Å². The molecule has 1 saturated carbocycles. The van der Waals surface area contributed by atoms with Crippen LogP contribution in [0.25, 0.3) is 0 Å². The minimum absolute atomic E-state index is 0.0108. The Morgan fingerprint density at radius 2 is 2.04 bits per heavy atom. The van der Waals surface area contributed by atoms with Crippen molar-refractivity contribution in [1.29, 1.82) is 0 Å². The van der Waals surface area contributed by atoms with E-state index in [0.717, 1.165) is 12.8 Å². The molecule has 2 aliphatic heterocycles. The molecule has 4 rings (SSSR count). The van der Waals surface area contributed by atoms with Gasteiger partial charge in [0.2, 0.25) is 11.8 Å². The highest BCUT2D eigenvalue weighted by Crippen LogP contribution is 2.39. The third kappa shape index (κ3) is 3.97. The highest BCUT2D eigenvalue weighted by atomic mass is 19.3. The van der Waals surface area contributed by atoms with Gasteiger partial charge in [-0.3, -0.25) is 20.2 Å². The Morgan fingerprint density at radius 3 is 2.61 bits per heavy atom. The topological polar surface area (TPSA) is 89.6 Å². The lowest BCUT2D eigenvalue weighted by molar-refractivity contribution is -0.136. The maximum atomic E-state index is 14.8. The summed E-state index contributed by atoms with van der Waals surface area (Å²) in [6.07, 6.45) is 1.36. The molecule has 3 heterocycles. The van der Waals surface area contributed by atoms with Crippen molar-refractivity contribution < 1.29 is 32.2 Å². The molecule has 1 aromatic heterocycles. The van der Waals surface area contributed by atoms with E-state index < -0.39 is 42.4 Å². The first-order valence-corrected chi connectivity index (χ1v) is 9.13. The largest absolute Gasteiger partial charge is 0.477 e. The molecule has 152 valence electrons. The van der Waals surface area contributed by atoms with Gasteiger partial charge in [0.1, 0.15) is 5.69 Å². The summed E-state index contributed by atoms with van der Waals surface area (Å²) in [6, 6.07) is 1.50. The Labute approximate surface area is 159 Å². The molecule has 0 radical (unpaired) electrons. The number of hydrogen-bond donors (Lipinski definition) is 2. The van der Waals surface area contributed by atoms with Gasteiger partial charge in [-0.25, -0.2) is 18.2 Å². The van der Waals surface area contributed by atoms with E-state index in [-0.39, 0.29) is 30.4 Å². The maximum absolute atomic E-state index is 14.8. The molecule has 2 N–H and O–H groups in total. The lowest BCUT2D eigenvalue weighted by Gasteiger charge is -2.34. The molecule has 2 amide bonds. The van der Waals surface area contributed by atoms with Crippen LogP contribution in [-0.2, 0) is 15.2 Å². The minimum Gasteiger partial charge on any atom is -0.477 e. The number of carbonyl (C=O) groups is 2. The van der Waals surface area contributed by atoms with Gasteiger partial charge in [0, 0.05) is 6.42 Å². The quantitative estimate of drug-likeness (QED) is 0.702. The van der Waals surface area contributed by atoms with Crippen molar-refractivity contribution in [2.45, 2.75) is 36.9 Å². The molecule has 0 spiro atoms. The molecule has 1 aliphatic carbocycles. The van der Waals surface area contributed by atoms with Crippen LogP contribution < -0.4 is 15.4 Å². The third-order valence-electron chi connectivity index (χ3n) is 5.05. The van der Waals surface area contributed by atoms with Gasteiger partial charge in [-0.1, -0.05) is 0 Å². The van der Waals surface area contributed by atoms with Gasteiger partial charge in [-0.15, -0.1) is 0 Å². The first-order valence-electron chi connectivity index (χ1n) is 9.13. The van der Waals surface area contributed by atoms with Gasteiger partial charge < -0.3 is 9.47 Å². The van der Waals surface area contributed by atoms with Crippen LogP contribution in [0.2, 0.25) is 0 Å². The van der Waals surface area contributed by atoms with E-state index >= 15 is 0 Å². The highest BCUT2D eigenvalue weighted by Gasteiger charge is 2.45. The van der Waals surface area contributed by atoms with Crippen LogP contribution in [0.4, 0.5) is 13.2 Å². The molecule has 1 atom stereocenters. The Morgan fingerprint density at radius 1 is 1.29 bits per heavy atom. The number of rotatable bonds is 6. The van der Waals surface area contributed by atoms with E-state index in [9.17, 15) is 22.8 Å². The monoisotopic (exact) mass is 399 g/mol. The zero-order valence-corrected chi connectivity index (χ0v) is 15.0. The fourth-order valence-corrected chi connectivity index (χ4v) is 3.10. The van der Waals surface area contributed by atoms with Crippen LogP contribution in [0.1, 0.15) is 35.3 Å². The number of hydrogen-bond acceptors (Lipinski definition) is 6. The van der Waals surface area contributed by atoms with Crippen molar-refractivity contribution in [3.8, 4) is 5.88 Å². The summed E-state index contributed by atoms with van der Waals surface area (Å²) >= 11 is 0. The van der Waals surface area contributed by atoms with E-state index in [1.807, 2.05) is 0 Å². The Balaban J connectivity index is 1.47. The molecule has 7 nitrogen and oxygen atoms in total. The number of ether oxygens (including phenoxy) is 2. The highest BCUT2D eigenvalue weighted by molar-refractivity contribution is 6.05. The van der Waals surface area contributed by atoms with Crippen LogP contribution in [0.3, 0.4) is 0 Å². The van der Waals surface area contributed by atoms with Crippen molar-refractivity contribution >= 4 is 11.8 Å². The van der Waals surface area contributed by atoms with E-state index in [4.69, 9.17) is 9.47 Å². The predicted molar refractivity (Wildman–Crippen MR) is 89.9 cm³/mol. The molecule has 10 heteroatoms. The van der Waals surface area contributed by atoms with Crippen molar-refractivity contribution in [2.24, 2.45) is 5.92 Å². The first kappa shape index (κ1) is 19.1. The second kappa shape index (κ2) is 7.00. The molecule has 0 unspecified atom stereocenters. The number of imide groups is 1. The second-order valence-electron chi connectivity index (χ2n) is 7.57. The average Bonchev–Trinajstić information content (AvgIpc) is 3.39. The van der Waals surface area contributed by atoms with E-state index in [2.05, 4.69) is 15.6 Å². The molecule has 0 aromatic carbocycles. The van der Waals surface area contributed by atoms with Crippen molar-refractivity contribution in [1.82, 2.24) is 15.6 Å². The van der Waals surface area contributed by atoms with Gasteiger partial charge in [0.05, 0.1) is 38.0 Å². The third-order valence-corrected chi connectivity index (χ3v) is 5.05. The first-order chi connectivity index (χ1) is 13.3. The normalized spacial score (nSPS) is 25.0. The number of pyridine rings is 1. The summed E-state index contributed by atoms with van der Waals surface area (Å²) in [6.45, 7) is -0.506. The molecule has 0 bridgehead atoms. The maximum Gasteiger partial charge on any atom is 0.276 e. The fourth-order valence-electron chi connectivity index (χ4n) is 3.10. The number of halogens is 3. The van der Waals surface area contributed by atoms with E-state index in [1.165, 1.54) is 12.1 Å². The smallest absolute Gasteiger partial charge is 0.276 e. The zero-order valence-electron chi connectivity index (χ0n) is 15.0. The Hall–Kier alpha value is -2.20. The lowest BCUT2D eigenvalue weighted by atomic mass is 9.94. The van der Waals surface area contributed by atoms with Crippen LogP contribution in [0.5, 0.6) is 5.88 Å². The van der Waals surface area contributed by atoms with E-state index in [1.54, 1.807) is 0 Å². The van der Waals surface area contributed by atoms with Crippen LogP contribution in [0.15, 0.2) is 12.1 Å². The molecular weight excluding hydrogens is 379 g/mol. The van der Waals surface area contributed by atoms with Gasteiger partial charge in [0.25, 0.3) is 11.8 Å². The zero-order chi connectivity index (χ0) is 19.9. The second-order valence-corrected chi connectivity index (χ2v) is 7.57. The summed E-state index contributed by atoms with van der Waals surface area (Å²) in [4.78, 5) is 28.5. The number of amides is 2. The van der Waals surface area contributed by atoms with Gasteiger partial charge in [-0.2, -0.15) is 0 Å². The molecule has 28 heavy (non-hydrogen) atoms. The Bertz CT molecular complexity index is 796. The summed E-state index contributed by atoms with van der Waals surface area (Å²) in [5.41, 5.74) is -1.69. The predicted octanol–water partition coefficient (Wildman–Crippen LogP) is 1.32. The molecule has 2 saturated heterocycles. The van der Waals surface area contributed by atoms with Crippen molar-refractivity contribution in [3.63, 3.8) is 0 Å². The summed E-state index contributed by atoms with van der Waals surface area (Å²) in [5.74, 6) is -4.33. The number of aromatic nitrogens is 1. The van der Waals surface area contributed by atoms with Gasteiger partial charge in [-0.05, 0) is 30.9 Å². The average molecular weight is 399 g/mol. The minimum atomic E-state index is -2.99. The van der Waals surface area contributed by atoms with Crippen LogP contribution in [-0.4, -0.2) is 55.1 Å². The van der Waals surface area contributed by atoms with Gasteiger partial charge in [0.15, 0.2) is 5.67 Å². The molecular formula is C18H20F3N3O4. The number of nitrogens with one attached hydrogen (secondary N) is 2. The van der Waals surface area contributed by atoms with E-state index in [0.29, 0.717) is 12.5 Å². The Kier molecular flexibility index (Phi) is 4.78. The number of alkyl halides is 3. The summed E-state index contributed by atoms with van der Waals surface area (Å²) in [5, 5.41) is 4.43. The SMILES string of the molecule is O=C(NC(=O)[C@@H]1CC(F)(F)CN1)c1ccc(C2(F)COC2)c(OCC2CC2)n1.